The molecule has 1 saturated heterocycles. The van der Waals surface area contributed by atoms with Gasteiger partial charge < -0.3 is 15.7 Å². The first-order chi connectivity index (χ1) is 8.16. The summed E-state index contributed by atoms with van der Waals surface area (Å²) in [6, 6.07) is 4.99. The number of rotatable bonds is 2. The van der Waals surface area contributed by atoms with Gasteiger partial charge in [-0.15, -0.1) is 0 Å². The molecule has 1 aromatic carbocycles. The number of aromatic hydroxyl groups is 1. The van der Waals surface area contributed by atoms with E-state index in [-0.39, 0.29) is 17.7 Å². The first-order valence-electron chi connectivity index (χ1n) is 5.67. The van der Waals surface area contributed by atoms with E-state index in [1.165, 1.54) is 6.07 Å². The number of amides is 1. The van der Waals surface area contributed by atoms with Gasteiger partial charge in [0.2, 0.25) is 0 Å². The summed E-state index contributed by atoms with van der Waals surface area (Å²) in [4.78, 5) is 12.0. The summed E-state index contributed by atoms with van der Waals surface area (Å²) < 4.78 is 0.780. The molecule has 17 heavy (non-hydrogen) atoms. The van der Waals surface area contributed by atoms with Crippen LogP contribution in [0.1, 0.15) is 23.2 Å². The third-order valence-electron chi connectivity index (χ3n) is 2.84. The lowest BCUT2D eigenvalue weighted by molar-refractivity contribution is 0.0928. The highest BCUT2D eigenvalue weighted by molar-refractivity contribution is 9.10. The topological polar surface area (TPSA) is 61.4 Å². The Bertz CT molecular complexity index is 417. The number of carbonyl (C=O) groups is 1. The quantitative estimate of drug-likeness (QED) is 0.778. The van der Waals surface area contributed by atoms with Gasteiger partial charge in [-0.25, -0.2) is 0 Å². The summed E-state index contributed by atoms with van der Waals surface area (Å²) in [5.41, 5.74) is 0.310. The van der Waals surface area contributed by atoms with Gasteiger partial charge in [0.05, 0.1) is 5.56 Å². The lowest BCUT2D eigenvalue weighted by Gasteiger charge is -2.23. The van der Waals surface area contributed by atoms with Crippen LogP contribution in [0.5, 0.6) is 5.75 Å². The fraction of sp³-hybridized carbons (Fsp3) is 0.417. The Kier molecular flexibility index (Phi) is 4.02. The fourth-order valence-electron chi connectivity index (χ4n) is 1.93. The van der Waals surface area contributed by atoms with E-state index in [4.69, 9.17) is 0 Å². The molecule has 0 radical (unpaired) electrons. The largest absolute Gasteiger partial charge is 0.507 e. The van der Waals surface area contributed by atoms with Crippen molar-refractivity contribution in [3.8, 4) is 5.75 Å². The SMILES string of the molecule is O=C(NC1CCCNC1)c1cc(Br)ccc1O. The molecule has 1 amide bonds. The standard InChI is InChI=1S/C12H15BrN2O2/c13-8-3-4-11(16)10(6-8)12(17)15-9-2-1-5-14-7-9/h3-4,6,9,14,16H,1-2,5,7H2,(H,15,17). The number of phenols is 1. The van der Waals surface area contributed by atoms with Crippen molar-refractivity contribution in [1.82, 2.24) is 10.6 Å². The minimum absolute atomic E-state index is 0.00877. The number of halogens is 1. The Hall–Kier alpha value is -1.07. The van der Waals surface area contributed by atoms with Gasteiger partial charge in [0.25, 0.3) is 5.91 Å². The molecular formula is C12H15BrN2O2. The monoisotopic (exact) mass is 298 g/mol. The molecule has 1 atom stereocenters. The molecule has 1 aliphatic heterocycles. The van der Waals surface area contributed by atoms with E-state index >= 15 is 0 Å². The Morgan fingerprint density at radius 1 is 1.53 bits per heavy atom. The summed E-state index contributed by atoms with van der Waals surface area (Å²) in [6.07, 6.45) is 2.04. The van der Waals surface area contributed by atoms with Crippen LogP contribution in [-0.4, -0.2) is 30.1 Å². The Morgan fingerprint density at radius 3 is 3.06 bits per heavy atom. The molecule has 0 spiro atoms. The molecule has 3 N–H and O–H groups in total. The Balaban J connectivity index is 2.05. The van der Waals surface area contributed by atoms with Crippen molar-refractivity contribution in [2.75, 3.05) is 13.1 Å². The van der Waals surface area contributed by atoms with Gasteiger partial charge in [0.15, 0.2) is 0 Å². The van der Waals surface area contributed by atoms with Crippen LogP contribution >= 0.6 is 15.9 Å². The van der Waals surface area contributed by atoms with Gasteiger partial charge in [0.1, 0.15) is 5.75 Å². The van der Waals surface area contributed by atoms with E-state index in [0.29, 0.717) is 5.56 Å². The average molecular weight is 299 g/mol. The van der Waals surface area contributed by atoms with Crippen molar-refractivity contribution >= 4 is 21.8 Å². The van der Waals surface area contributed by atoms with Crippen LogP contribution in [0, 0.1) is 0 Å². The fourth-order valence-corrected chi connectivity index (χ4v) is 2.29. The highest BCUT2D eigenvalue weighted by Gasteiger charge is 2.18. The number of piperidine rings is 1. The molecule has 4 nitrogen and oxygen atoms in total. The molecule has 0 aliphatic carbocycles. The van der Waals surface area contributed by atoms with Crippen LogP contribution in [0.4, 0.5) is 0 Å². The minimum Gasteiger partial charge on any atom is -0.507 e. The smallest absolute Gasteiger partial charge is 0.255 e. The third-order valence-corrected chi connectivity index (χ3v) is 3.33. The van der Waals surface area contributed by atoms with Gasteiger partial charge >= 0.3 is 0 Å². The molecule has 1 aromatic rings. The second kappa shape index (κ2) is 5.51. The third kappa shape index (κ3) is 3.20. The highest BCUT2D eigenvalue weighted by Crippen LogP contribution is 2.21. The molecule has 0 saturated carbocycles. The molecule has 1 fully saturated rings. The highest BCUT2D eigenvalue weighted by atomic mass is 79.9. The van der Waals surface area contributed by atoms with Crippen LogP contribution in [0.15, 0.2) is 22.7 Å². The lowest BCUT2D eigenvalue weighted by atomic mass is 10.1. The maximum Gasteiger partial charge on any atom is 0.255 e. The van der Waals surface area contributed by atoms with Crippen molar-refractivity contribution in [3.05, 3.63) is 28.2 Å². The zero-order valence-corrected chi connectivity index (χ0v) is 11.0. The van der Waals surface area contributed by atoms with Crippen molar-refractivity contribution in [2.24, 2.45) is 0 Å². The maximum absolute atomic E-state index is 12.0. The maximum atomic E-state index is 12.0. The van der Waals surface area contributed by atoms with E-state index in [1.54, 1.807) is 12.1 Å². The first kappa shape index (κ1) is 12.4. The second-order valence-electron chi connectivity index (χ2n) is 4.18. The molecule has 1 aliphatic rings. The van der Waals surface area contributed by atoms with E-state index in [9.17, 15) is 9.90 Å². The van der Waals surface area contributed by atoms with E-state index in [1.807, 2.05) is 0 Å². The minimum atomic E-state index is -0.225. The van der Waals surface area contributed by atoms with E-state index in [2.05, 4.69) is 26.6 Å². The van der Waals surface area contributed by atoms with Crippen molar-refractivity contribution < 1.29 is 9.90 Å². The first-order valence-corrected chi connectivity index (χ1v) is 6.46. The number of benzene rings is 1. The molecule has 2 rings (SSSR count). The van der Waals surface area contributed by atoms with Gasteiger partial charge in [-0.3, -0.25) is 4.79 Å². The molecule has 0 aromatic heterocycles. The van der Waals surface area contributed by atoms with E-state index < -0.39 is 0 Å². The zero-order chi connectivity index (χ0) is 12.3. The number of hydrogen-bond acceptors (Lipinski definition) is 3. The van der Waals surface area contributed by atoms with Gasteiger partial charge in [-0.05, 0) is 37.6 Å². The van der Waals surface area contributed by atoms with Crippen molar-refractivity contribution in [3.63, 3.8) is 0 Å². The summed E-state index contributed by atoms with van der Waals surface area (Å²) in [6.45, 7) is 1.80. The summed E-state index contributed by atoms with van der Waals surface area (Å²) >= 11 is 3.29. The molecule has 5 heteroatoms. The van der Waals surface area contributed by atoms with Crippen molar-refractivity contribution in [1.29, 1.82) is 0 Å². The number of carbonyl (C=O) groups excluding carboxylic acids is 1. The lowest BCUT2D eigenvalue weighted by Crippen LogP contribution is -2.45. The average Bonchev–Trinajstić information content (AvgIpc) is 2.33. The Morgan fingerprint density at radius 2 is 2.35 bits per heavy atom. The summed E-state index contributed by atoms with van der Waals surface area (Å²) in [7, 11) is 0. The molecule has 92 valence electrons. The number of phenolic OH excluding ortho intramolecular Hbond substituents is 1. The van der Waals surface area contributed by atoms with Crippen LogP contribution in [0.25, 0.3) is 0 Å². The number of hydrogen-bond donors (Lipinski definition) is 3. The predicted molar refractivity (Wildman–Crippen MR) is 69.2 cm³/mol. The van der Waals surface area contributed by atoms with Crippen LogP contribution in [0.2, 0.25) is 0 Å². The van der Waals surface area contributed by atoms with Crippen LogP contribution in [-0.2, 0) is 0 Å². The molecule has 0 bridgehead atoms. The van der Waals surface area contributed by atoms with Crippen molar-refractivity contribution in [2.45, 2.75) is 18.9 Å². The molecule has 1 heterocycles. The van der Waals surface area contributed by atoms with Gasteiger partial charge in [-0.2, -0.15) is 0 Å². The normalized spacial score (nSPS) is 19.9. The van der Waals surface area contributed by atoms with Gasteiger partial charge in [-0.1, -0.05) is 15.9 Å². The molecular weight excluding hydrogens is 284 g/mol. The van der Waals surface area contributed by atoms with E-state index in [0.717, 1.165) is 30.4 Å². The van der Waals surface area contributed by atoms with Crippen LogP contribution in [0.3, 0.4) is 0 Å². The summed E-state index contributed by atoms with van der Waals surface area (Å²) in [5.74, 6) is -0.216. The second-order valence-corrected chi connectivity index (χ2v) is 5.09. The van der Waals surface area contributed by atoms with Crippen LogP contribution < -0.4 is 10.6 Å². The number of nitrogens with one attached hydrogen (secondary N) is 2. The predicted octanol–water partition coefficient (Wildman–Crippen LogP) is 1.64. The summed E-state index contributed by atoms with van der Waals surface area (Å²) in [5, 5.41) is 15.8. The molecule has 1 unspecified atom stereocenters. The zero-order valence-electron chi connectivity index (χ0n) is 9.37. The van der Waals surface area contributed by atoms with Gasteiger partial charge in [0, 0.05) is 17.1 Å². The Labute approximate surface area is 109 Å².